The van der Waals surface area contributed by atoms with Crippen molar-refractivity contribution in [2.45, 2.75) is 39.0 Å². The quantitative estimate of drug-likeness (QED) is 0.670. The van der Waals surface area contributed by atoms with Gasteiger partial charge in [-0.2, -0.15) is 0 Å². The summed E-state index contributed by atoms with van der Waals surface area (Å²) in [7, 11) is 0. The lowest BCUT2D eigenvalue weighted by Gasteiger charge is -2.32. The fourth-order valence-electron chi connectivity index (χ4n) is 2.91. The zero-order chi connectivity index (χ0) is 9.69. The summed E-state index contributed by atoms with van der Waals surface area (Å²) >= 11 is 0. The Bertz CT molecular complexity index is 284. The van der Waals surface area contributed by atoms with E-state index in [1.165, 1.54) is 0 Å². The molecule has 0 radical (unpaired) electrons. The predicted octanol–water partition coefficient (Wildman–Crippen LogP) is 1.61. The van der Waals surface area contributed by atoms with Gasteiger partial charge in [0.2, 0.25) is 0 Å². The molecule has 0 saturated heterocycles. The smallest absolute Gasteiger partial charge is 0.310 e. The lowest BCUT2D eigenvalue weighted by atomic mass is 9.70. The Morgan fingerprint density at radius 2 is 2.15 bits per heavy atom. The zero-order valence-electron chi connectivity index (χ0n) is 7.80. The van der Waals surface area contributed by atoms with Crippen LogP contribution >= 0.6 is 0 Å². The summed E-state index contributed by atoms with van der Waals surface area (Å²) in [5.74, 6) is -0.614. The summed E-state index contributed by atoms with van der Waals surface area (Å²) in [4.78, 5) is 22.7. The number of aliphatic carboxylic acids is 1. The molecular formula is C10H14O3. The Labute approximate surface area is 77.1 Å². The van der Waals surface area contributed by atoms with Crippen molar-refractivity contribution >= 4 is 11.8 Å². The van der Waals surface area contributed by atoms with E-state index in [1.807, 2.05) is 6.92 Å². The van der Waals surface area contributed by atoms with Gasteiger partial charge in [-0.3, -0.25) is 9.59 Å². The molecule has 0 aliphatic heterocycles. The molecule has 3 nitrogen and oxygen atoms in total. The van der Waals surface area contributed by atoms with E-state index in [0.29, 0.717) is 12.8 Å². The lowest BCUT2D eigenvalue weighted by molar-refractivity contribution is -0.150. The minimum atomic E-state index is -0.774. The minimum Gasteiger partial charge on any atom is -0.481 e. The van der Waals surface area contributed by atoms with Gasteiger partial charge in [0.15, 0.2) is 0 Å². The molecule has 13 heavy (non-hydrogen) atoms. The van der Waals surface area contributed by atoms with Crippen molar-refractivity contribution in [2.75, 3.05) is 0 Å². The SMILES string of the molecule is CC12CCCC(C(=O)O)(CC1=O)C2. The van der Waals surface area contributed by atoms with Crippen molar-refractivity contribution in [3.8, 4) is 0 Å². The van der Waals surface area contributed by atoms with Crippen molar-refractivity contribution in [1.29, 1.82) is 0 Å². The highest BCUT2D eigenvalue weighted by Gasteiger charge is 2.57. The van der Waals surface area contributed by atoms with Crippen LogP contribution in [0.2, 0.25) is 0 Å². The van der Waals surface area contributed by atoms with E-state index in [0.717, 1.165) is 12.8 Å². The number of hydrogen-bond acceptors (Lipinski definition) is 2. The molecule has 2 rings (SSSR count). The van der Waals surface area contributed by atoms with E-state index in [1.54, 1.807) is 0 Å². The maximum Gasteiger partial charge on any atom is 0.310 e. The molecule has 2 aliphatic carbocycles. The van der Waals surface area contributed by atoms with E-state index >= 15 is 0 Å². The summed E-state index contributed by atoms with van der Waals surface area (Å²) in [6.07, 6.45) is 3.27. The van der Waals surface area contributed by atoms with E-state index < -0.39 is 11.4 Å². The Hall–Kier alpha value is -0.860. The molecule has 0 aromatic rings. The van der Waals surface area contributed by atoms with E-state index in [-0.39, 0.29) is 17.6 Å². The number of fused-ring (bicyclic) bond motifs is 2. The average Bonchev–Trinajstić information content (AvgIpc) is 2.20. The predicted molar refractivity (Wildman–Crippen MR) is 46.3 cm³/mol. The topological polar surface area (TPSA) is 54.4 Å². The number of hydrogen-bond donors (Lipinski definition) is 1. The van der Waals surface area contributed by atoms with Gasteiger partial charge in [0, 0.05) is 11.8 Å². The van der Waals surface area contributed by atoms with Gasteiger partial charge in [0.05, 0.1) is 5.41 Å². The van der Waals surface area contributed by atoms with Crippen molar-refractivity contribution in [2.24, 2.45) is 10.8 Å². The number of Topliss-reactive ketones (excluding diaryl/α,β-unsaturated/α-hetero) is 1. The maximum absolute atomic E-state index is 11.6. The van der Waals surface area contributed by atoms with Gasteiger partial charge >= 0.3 is 5.97 Å². The third-order valence-corrected chi connectivity index (χ3v) is 3.74. The van der Waals surface area contributed by atoms with E-state index in [2.05, 4.69) is 0 Å². The molecule has 2 bridgehead atoms. The molecule has 2 saturated carbocycles. The van der Waals surface area contributed by atoms with Gasteiger partial charge in [-0.15, -0.1) is 0 Å². The number of ketones is 1. The highest BCUT2D eigenvalue weighted by molar-refractivity contribution is 5.94. The van der Waals surface area contributed by atoms with Gasteiger partial charge in [-0.05, 0) is 19.3 Å². The van der Waals surface area contributed by atoms with Crippen LogP contribution < -0.4 is 0 Å². The molecule has 0 aromatic carbocycles. The van der Waals surface area contributed by atoms with Gasteiger partial charge in [0.25, 0.3) is 0 Å². The Morgan fingerprint density at radius 3 is 2.69 bits per heavy atom. The summed E-state index contributed by atoms with van der Waals surface area (Å²) in [6, 6.07) is 0. The molecule has 1 N–H and O–H groups in total. The first-order valence-corrected chi connectivity index (χ1v) is 4.75. The molecule has 2 atom stereocenters. The molecule has 0 amide bonds. The van der Waals surface area contributed by atoms with Crippen LogP contribution in [-0.2, 0) is 9.59 Å². The lowest BCUT2D eigenvalue weighted by Crippen LogP contribution is -2.33. The van der Waals surface area contributed by atoms with Crippen LogP contribution in [0.15, 0.2) is 0 Å². The molecule has 3 heteroatoms. The van der Waals surface area contributed by atoms with Crippen LogP contribution in [0, 0.1) is 10.8 Å². The molecule has 0 heterocycles. The number of carboxylic acid groups (broad SMARTS) is 1. The monoisotopic (exact) mass is 182 g/mol. The molecule has 2 unspecified atom stereocenters. The Morgan fingerprint density at radius 1 is 1.46 bits per heavy atom. The van der Waals surface area contributed by atoms with Crippen molar-refractivity contribution in [1.82, 2.24) is 0 Å². The number of carboxylic acids is 1. The highest BCUT2D eigenvalue weighted by Crippen LogP contribution is 2.56. The van der Waals surface area contributed by atoms with Crippen LogP contribution in [0.1, 0.15) is 39.0 Å². The zero-order valence-corrected chi connectivity index (χ0v) is 7.80. The van der Waals surface area contributed by atoms with Crippen molar-refractivity contribution in [3.05, 3.63) is 0 Å². The van der Waals surface area contributed by atoms with E-state index in [9.17, 15) is 9.59 Å². The molecule has 72 valence electrons. The van der Waals surface area contributed by atoms with Gasteiger partial charge < -0.3 is 5.11 Å². The number of rotatable bonds is 1. The molecule has 2 aliphatic rings. The van der Waals surface area contributed by atoms with Crippen molar-refractivity contribution < 1.29 is 14.7 Å². The average molecular weight is 182 g/mol. The second kappa shape index (κ2) is 2.34. The number of carbonyl (C=O) groups excluding carboxylic acids is 1. The second-order valence-corrected chi connectivity index (χ2v) is 4.78. The highest BCUT2D eigenvalue weighted by atomic mass is 16.4. The van der Waals surface area contributed by atoms with Crippen LogP contribution in [0.4, 0.5) is 0 Å². The van der Waals surface area contributed by atoms with Gasteiger partial charge in [-0.25, -0.2) is 0 Å². The van der Waals surface area contributed by atoms with Gasteiger partial charge in [0.1, 0.15) is 5.78 Å². The van der Waals surface area contributed by atoms with Crippen LogP contribution in [-0.4, -0.2) is 16.9 Å². The maximum atomic E-state index is 11.6. The standard InChI is InChI=1S/C10H14O3/c1-9-3-2-4-10(6-9,8(12)13)5-7(9)11/h2-6H2,1H3,(H,12,13). The fraction of sp³-hybridized carbons (Fsp3) is 0.800. The molecule has 0 spiro atoms. The normalized spacial score (nSPS) is 43.6. The summed E-state index contributed by atoms with van der Waals surface area (Å²) in [6.45, 7) is 1.92. The third kappa shape index (κ3) is 1.02. The first-order valence-electron chi connectivity index (χ1n) is 4.75. The van der Waals surface area contributed by atoms with E-state index in [4.69, 9.17) is 5.11 Å². The largest absolute Gasteiger partial charge is 0.481 e. The summed E-state index contributed by atoms with van der Waals surface area (Å²) in [5, 5.41) is 9.10. The van der Waals surface area contributed by atoms with Crippen LogP contribution in [0.3, 0.4) is 0 Å². The Balaban J connectivity index is 2.37. The summed E-state index contributed by atoms with van der Waals surface area (Å²) < 4.78 is 0. The minimum absolute atomic E-state index is 0.160. The molecular weight excluding hydrogens is 168 g/mol. The fourth-order valence-corrected chi connectivity index (χ4v) is 2.91. The third-order valence-electron chi connectivity index (χ3n) is 3.74. The van der Waals surface area contributed by atoms with Crippen molar-refractivity contribution in [3.63, 3.8) is 0 Å². The molecule has 2 fully saturated rings. The molecule has 0 aromatic heterocycles. The van der Waals surface area contributed by atoms with Crippen LogP contribution in [0.5, 0.6) is 0 Å². The van der Waals surface area contributed by atoms with Gasteiger partial charge in [-0.1, -0.05) is 13.3 Å². The second-order valence-electron chi connectivity index (χ2n) is 4.78. The number of carbonyl (C=O) groups is 2. The van der Waals surface area contributed by atoms with Crippen LogP contribution in [0.25, 0.3) is 0 Å². The Kier molecular flexibility index (Phi) is 1.57. The summed E-state index contributed by atoms with van der Waals surface area (Å²) in [5.41, 5.74) is -1.03. The first-order chi connectivity index (χ1) is 5.99. The first kappa shape index (κ1) is 8.73.